The summed E-state index contributed by atoms with van der Waals surface area (Å²) >= 11 is 5.56. The molecule has 2 N–H and O–H groups in total. The molecule has 0 radical (unpaired) electrons. The largest absolute Gasteiger partial charge is 0.479 e. The third-order valence-corrected chi connectivity index (χ3v) is 2.57. The van der Waals surface area contributed by atoms with Crippen LogP contribution in [0.1, 0.15) is 22.8 Å². The highest BCUT2D eigenvalue weighted by molar-refractivity contribution is 6.30. The van der Waals surface area contributed by atoms with Crippen molar-refractivity contribution in [3.63, 3.8) is 0 Å². The van der Waals surface area contributed by atoms with Crippen LogP contribution in [0, 0.1) is 19.7 Å². The number of aliphatic carboxylic acids is 1. The van der Waals surface area contributed by atoms with Crippen molar-refractivity contribution in [2.24, 2.45) is 0 Å². The molecule has 82 valence electrons. The number of aliphatic hydroxyl groups excluding tert-OH is 1. The van der Waals surface area contributed by atoms with Gasteiger partial charge in [-0.1, -0.05) is 11.6 Å². The van der Waals surface area contributed by atoms with E-state index in [2.05, 4.69) is 0 Å². The number of halogens is 2. The van der Waals surface area contributed by atoms with Crippen molar-refractivity contribution < 1.29 is 19.4 Å². The van der Waals surface area contributed by atoms with E-state index in [0.717, 1.165) is 0 Å². The van der Waals surface area contributed by atoms with E-state index < -0.39 is 17.9 Å². The molecule has 1 aromatic rings. The summed E-state index contributed by atoms with van der Waals surface area (Å²) in [5.74, 6) is -2.38. The van der Waals surface area contributed by atoms with E-state index in [1.165, 1.54) is 13.0 Å². The van der Waals surface area contributed by atoms with E-state index in [-0.39, 0.29) is 10.6 Å². The fourth-order valence-corrected chi connectivity index (χ4v) is 1.58. The molecule has 1 aromatic carbocycles. The van der Waals surface area contributed by atoms with Crippen molar-refractivity contribution in [3.05, 3.63) is 33.6 Å². The first-order valence-electron chi connectivity index (χ1n) is 4.22. The zero-order chi connectivity index (χ0) is 11.7. The molecule has 0 amide bonds. The highest BCUT2D eigenvalue weighted by Crippen LogP contribution is 2.29. The molecule has 5 heteroatoms. The van der Waals surface area contributed by atoms with Crippen molar-refractivity contribution in [2.45, 2.75) is 20.0 Å². The lowest BCUT2D eigenvalue weighted by Crippen LogP contribution is -2.14. The maximum atomic E-state index is 13.5. The van der Waals surface area contributed by atoms with Crippen molar-refractivity contribution in [1.82, 2.24) is 0 Å². The van der Waals surface area contributed by atoms with E-state index in [9.17, 15) is 14.3 Å². The molecular weight excluding hydrogens is 223 g/mol. The smallest absolute Gasteiger partial charge is 0.337 e. The maximum Gasteiger partial charge on any atom is 0.337 e. The van der Waals surface area contributed by atoms with Crippen LogP contribution in [-0.4, -0.2) is 16.2 Å². The molecule has 0 aliphatic carbocycles. The number of aryl methyl sites for hydroxylation is 1. The first-order chi connectivity index (χ1) is 6.86. The van der Waals surface area contributed by atoms with Gasteiger partial charge in [0, 0.05) is 5.56 Å². The number of benzene rings is 1. The summed E-state index contributed by atoms with van der Waals surface area (Å²) in [4.78, 5) is 10.6. The number of hydrogen-bond donors (Lipinski definition) is 2. The van der Waals surface area contributed by atoms with Gasteiger partial charge in [0.2, 0.25) is 0 Å². The average Bonchev–Trinajstić information content (AvgIpc) is 2.15. The molecule has 1 atom stereocenters. The number of carboxylic acids is 1. The number of hydrogen-bond acceptors (Lipinski definition) is 2. The summed E-state index contributed by atoms with van der Waals surface area (Å²) < 4.78 is 13.5. The molecule has 0 heterocycles. The second kappa shape index (κ2) is 4.16. The number of carboxylic acid groups (broad SMARTS) is 1. The molecule has 0 fully saturated rings. The second-order valence-corrected chi connectivity index (χ2v) is 3.68. The predicted molar refractivity (Wildman–Crippen MR) is 53.5 cm³/mol. The Morgan fingerprint density at radius 1 is 1.53 bits per heavy atom. The molecule has 0 aromatic heterocycles. The minimum absolute atomic E-state index is 0.187. The summed E-state index contributed by atoms with van der Waals surface area (Å²) in [7, 11) is 0. The van der Waals surface area contributed by atoms with Gasteiger partial charge in [-0.15, -0.1) is 0 Å². The zero-order valence-corrected chi connectivity index (χ0v) is 8.97. The van der Waals surface area contributed by atoms with Crippen LogP contribution >= 0.6 is 11.6 Å². The average molecular weight is 233 g/mol. The fourth-order valence-electron chi connectivity index (χ4n) is 1.32. The number of rotatable bonds is 2. The molecule has 0 saturated carbocycles. The maximum absolute atomic E-state index is 13.5. The molecule has 0 aliphatic rings. The SMILES string of the molecule is Cc1cc(Cl)c(F)c(C(O)C(=O)O)c1C. The molecule has 1 unspecified atom stereocenters. The monoisotopic (exact) mass is 232 g/mol. The Balaban J connectivity index is 3.45. The van der Waals surface area contributed by atoms with Crippen LogP contribution in [0.4, 0.5) is 4.39 Å². The molecule has 0 bridgehead atoms. The van der Waals surface area contributed by atoms with Gasteiger partial charge in [-0.2, -0.15) is 0 Å². The zero-order valence-electron chi connectivity index (χ0n) is 8.21. The Morgan fingerprint density at radius 3 is 2.53 bits per heavy atom. The van der Waals surface area contributed by atoms with Gasteiger partial charge in [-0.25, -0.2) is 9.18 Å². The van der Waals surface area contributed by atoms with E-state index in [0.29, 0.717) is 11.1 Å². The molecule has 15 heavy (non-hydrogen) atoms. The van der Waals surface area contributed by atoms with Gasteiger partial charge in [-0.05, 0) is 31.0 Å². The first-order valence-corrected chi connectivity index (χ1v) is 4.60. The van der Waals surface area contributed by atoms with Crippen molar-refractivity contribution >= 4 is 17.6 Å². The van der Waals surface area contributed by atoms with E-state index >= 15 is 0 Å². The highest BCUT2D eigenvalue weighted by atomic mass is 35.5. The minimum Gasteiger partial charge on any atom is -0.479 e. The second-order valence-electron chi connectivity index (χ2n) is 3.27. The third kappa shape index (κ3) is 2.11. The summed E-state index contributed by atoms with van der Waals surface area (Å²) in [6.45, 7) is 3.20. The predicted octanol–water partition coefficient (Wildman–Crippen LogP) is 2.21. The molecule has 3 nitrogen and oxygen atoms in total. The van der Waals surface area contributed by atoms with E-state index in [1.807, 2.05) is 0 Å². The van der Waals surface area contributed by atoms with Crippen LogP contribution in [0.25, 0.3) is 0 Å². The summed E-state index contributed by atoms with van der Waals surface area (Å²) in [6.07, 6.45) is -1.89. The highest BCUT2D eigenvalue weighted by Gasteiger charge is 2.24. The summed E-state index contributed by atoms with van der Waals surface area (Å²) in [6, 6.07) is 1.39. The van der Waals surface area contributed by atoms with Crippen LogP contribution in [0.15, 0.2) is 6.07 Å². The first kappa shape index (κ1) is 11.9. The van der Waals surface area contributed by atoms with Gasteiger partial charge in [-0.3, -0.25) is 0 Å². The van der Waals surface area contributed by atoms with Crippen LogP contribution in [0.2, 0.25) is 5.02 Å². The van der Waals surface area contributed by atoms with Gasteiger partial charge in [0.05, 0.1) is 5.02 Å². The van der Waals surface area contributed by atoms with Crippen molar-refractivity contribution in [3.8, 4) is 0 Å². The Morgan fingerprint density at radius 2 is 2.07 bits per heavy atom. The van der Waals surface area contributed by atoms with E-state index in [4.69, 9.17) is 16.7 Å². The lowest BCUT2D eigenvalue weighted by atomic mass is 9.98. The van der Waals surface area contributed by atoms with Gasteiger partial charge in [0.25, 0.3) is 0 Å². The standard InChI is InChI=1S/C10H10ClFO3/c1-4-3-6(11)8(12)7(5(4)2)9(13)10(14)15/h3,9,13H,1-2H3,(H,14,15). The molecule has 0 aliphatic heterocycles. The van der Waals surface area contributed by atoms with Crippen LogP contribution in [0.3, 0.4) is 0 Å². The molecule has 1 rings (SSSR count). The Bertz CT molecular complexity index is 391. The topological polar surface area (TPSA) is 57.5 Å². The summed E-state index contributed by atoms with van der Waals surface area (Å²) in [5.41, 5.74) is 0.760. The minimum atomic E-state index is -1.89. The van der Waals surface area contributed by atoms with Crippen molar-refractivity contribution in [1.29, 1.82) is 0 Å². The molecule has 0 spiro atoms. The summed E-state index contributed by atoms with van der Waals surface area (Å²) in [5, 5.41) is 17.7. The van der Waals surface area contributed by atoms with Gasteiger partial charge >= 0.3 is 5.97 Å². The quantitative estimate of drug-likeness (QED) is 0.822. The number of carbonyl (C=O) groups is 1. The van der Waals surface area contributed by atoms with Crippen LogP contribution in [-0.2, 0) is 4.79 Å². The molecular formula is C10H10ClFO3. The normalized spacial score (nSPS) is 12.6. The van der Waals surface area contributed by atoms with Gasteiger partial charge in [0.1, 0.15) is 5.82 Å². The van der Waals surface area contributed by atoms with Crippen LogP contribution in [0.5, 0.6) is 0 Å². The van der Waals surface area contributed by atoms with Crippen LogP contribution < -0.4 is 0 Å². The van der Waals surface area contributed by atoms with Gasteiger partial charge < -0.3 is 10.2 Å². The Hall–Kier alpha value is -1.13. The third-order valence-electron chi connectivity index (χ3n) is 2.29. The lowest BCUT2D eigenvalue weighted by Gasteiger charge is -2.14. The lowest BCUT2D eigenvalue weighted by molar-refractivity contribution is -0.147. The number of aliphatic hydroxyl groups is 1. The van der Waals surface area contributed by atoms with Crippen molar-refractivity contribution in [2.75, 3.05) is 0 Å². The fraction of sp³-hybridized carbons (Fsp3) is 0.300. The van der Waals surface area contributed by atoms with Gasteiger partial charge in [0.15, 0.2) is 6.10 Å². The van der Waals surface area contributed by atoms with E-state index in [1.54, 1.807) is 6.92 Å². The molecule has 0 saturated heterocycles. The Kier molecular flexibility index (Phi) is 3.31. The Labute approximate surface area is 91.1 Å².